The van der Waals surface area contributed by atoms with Gasteiger partial charge in [0.05, 0.1) is 11.9 Å². The number of hydrogen-bond acceptors (Lipinski definition) is 3. The van der Waals surface area contributed by atoms with E-state index in [0.717, 1.165) is 10.0 Å². The van der Waals surface area contributed by atoms with Crippen LogP contribution in [0.5, 0.6) is 0 Å². The number of rotatable bonds is 4. The fourth-order valence-corrected chi connectivity index (χ4v) is 2.16. The van der Waals surface area contributed by atoms with Crippen molar-refractivity contribution in [2.24, 2.45) is 0 Å². The highest BCUT2D eigenvalue weighted by Gasteiger charge is 2.12. The summed E-state index contributed by atoms with van der Waals surface area (Å²) in [5.41, 5.74) is 2.00. The van der Waals surface area contributed by atoms with Gasteiger partial charge in [0.25, 0.3) is 5.91 Å². The van der Waals surface area contributed by atoms with Crippen LogP contribution >= 0.6 is 15.9 Å². The smallest absolute Gasteiger partial charge is 0.256 e. The SMILES string of the molecule is CNC(=O)Cn1cc(NC(=O)c2cccc(Br)c2C)cn1. The Morgan fingerprint density at radius 2 is 2.14 bits per heavy atom. The number of hydrogen-bond donors (Lipinski definition) is 2. The Labute approximate surface area is 130 Å². The predicted octanol–water partition coefficient (Wildman–Crippen LogP) is 1.95. The van der Waals surface area contributed by atoms with E-state index in [1.54, 1.807) is 25.4 Å². The molecule has 110 valence electrons. The summed E-state index contributed by atoms with van der Waals surface area (Å²) in [5, 5.41) is 9.30. The Morgan fingerprint density at radius 1 is 1.38 bits per heavy atom. The van der Waals surface area contributed by atoms with Crippen molar-refractivity contribution in [3.05, 3.63) is 46.2 Å². The summed E-state index contributed by atoms with van der Waals surface area (Å²) in [5.74, 6) is -0.368. The molecule has 0 aliphatic heterocycles. The Kier molecular flexibility index (Phi) is 4.74. The summed E-state index contributed by atoms with van der Waals surface area (Å²) >= 11 is 3.40. The maximum absolute atomic E-state index is 12.2. The molecule has 2 amide bonds. The first-order valence-electron chi connectivity index (χ1n) is 6.30. The van der Waals surface area contributed by atoms with Gasteiger partial charge in [-0.3, -0.25) is 14.3 Å². The standard InChI is InChI=1S/C14H15BrN4O2/c1-9-11(4-3-5-12(9)15)14(21)18-10-6-17-19(7-10)8-13(20)16-2/h3-7H,8H2,1-2H3,(H,16,20)(H,18,21). The van der Waals surface area contributed by atoms with Crippen molar-refractivity contribution >= 4 is 33.4 Å². The van der Waals surface area contributed by atoms with E-state index in [1.807, 2.05) is 13.0 Å². The number of nitrogens with zero attached hydrogens (tertiary/aromatic N) is 2. The van der Waals surface area contributed by atoms with Crippen molar-refractivity contribution in [3.8, 4) is 0 Å². The van der Waals surface area contributed by atoms with Crippen LogP contribution in [0.1, 0.15) is 15.9 Å². The Bertz CT molecular complexity index is 681. The van der Waals surface area contributed by atoms with Gasteiger partial charge in [-0.2, -0.15) is 5.10 Å². The van der Waals surface area contributed by atoms with Crippen molar-refractivity contribution in [2.75, 3.05) is 12.4 Å². The maximum atomic E-state index is 12.2. The molecule has 2 aromatic rings. The fourth-order valence-electron chi connectivity index (χ4n) is 1.79. The molecule has 0 fully saturated rings. The Balaban J connectivity index is 2.09. The van der Waals surface area contributed by atoms with E-state index in [4.69, 9.17) is 0 Å². The largest absolute Gasteiger partial charge is 0.358 e. The Hall–Kier alpha value is -2.15. The van der Waals surface area contributed by atoms with Gasteiger partial charge < -0.3 is 10.6 Å². The van der Waals surface area contributed by atoms with E-state index in [1.165, 1.54) is 10.9 Å². The molecule has 0 radical (unpaired) electrons. The first kappa shape index (κ1) is 15.2. The van der Waals surface area contributed by atoms with Crippen LogP contribution in [0.2, 0.25) is 0 Å². The molecule has 0 atom stereocenters. The lowest BCUT2D eigenvalue weighted by atomic mass is 10.1. The molecule has 6 nitrogen and oxygen atoms in total. The second-order valence-electron chi connectivity index (χ2n) is 4.47. The van der Waals surface area contributed by atoms with Crippen molar-refractivity contribution in [3.63, 3.8) is 0 Å². The van der Waals surface area contributed by atoms with Crippen molar-refractivity contribution in [2.45, 2.75) is 13.5 Å². The second kappa shape index (κ2) is 6.53. The molecular formula is C14H15BrN4O2. The molecular weight excluding hydrogens is 336 g/mol. The molecule has 1 aromatic heterocycles. The van der Waals surface area contributed by atoms with Crippen LogP contribution in [0, 0.1) is 6.92 Å². The number of amides is 2. The molecule has 7 heteroatoms. The third kappa shape index (κ3) is 3.69. The average Bonchev–Trinajstić information content (AvgIpc) is 2.88. The van der Waals surface area contributed by atoms with Gasteiger partial charge in [0.15, 0.2) is 0 Å². The first-order chi connectivity index (χ1) is 10.0. The lowest BCUT2D eigenvalue weighted by molar-refractivity contribution is -0.121. The molecule has 0 aliphatic carbocycles. The highest BCUT2D eigenvalue weighted by atomic mass is 79.9. The van der Waals surface area contributed by atoms with E-state index >= 15 is 0 Å². The van der Waals surface area contributed by atoms with E-state index in [-0.39, 0.29) is 18.4 Å². The van der Waals surface area contributed by atoms with Crippen LogP contribution in [0.4, 0.5) is 5.69 Å². The van der Waals surface area contributed by atoms with Crippen molar-refractivity contribution in [1.29, 1.82) is 0 Å². The van der Waals surface area contributed by atoms with E-state index in [2.05, 4.69) is 31.7 Å². The topological polar surface area (TPSA) is 76.0 Å². The summed E-state index contributed by atoms with van der Waals surface area (Å²) in [6, 6.07) is 5.44. The minimum Gasteiger partial charge on any atom is -0.358 e. The zero-order valence-corrected chi connectivity index (χ0v) is 13.3. The van der Waals surface area contributed by atoms with E-state index < -0.39 is 0 Å². The van der Waals surface area contributed by atoms with Crippen LogP contribution < -0.4 is 10.6 Å². The van der Waals surface area contributed by atoms with Gasteiger partial charge in [0.1, 0.15) is 6.54 Å². The fraction of sp³-hybridized carbons (Fsp3) is 0.214. The number of likely N-dealkylation sites (N-methyl/N-ethyl adjacent to an activating group) is 1. The molecule has 0 unspecified atom stereocenters. The molecule has 0 bridgehead atoms. The van der Waals surface area contributed by atoms with Crippen LogP contribution in [-0.2, 0) is 11.3 Å². The zero-order valence-electron chi connectivity index (χ0n) is 11.7. The first-order valence-corrected chi connectivity index (χ1v) is 7.10. The van der Waals surface area contributed by atoms with Crippen LogP contribution in [0.25, 0.3) is 0 Å². The Morgan fingerprint density at radius 3 is 2.86 bits per heavy atom. The lowest BCUT2D eigenvalue weighted by Gasteiger charge is -2.07. The van der Waals surface area contributed by atoms with Gasteiger partial charge in [-0.25, -0.2) is 0 Å². The molecule has 1 aromatic carbocycles. The highest BCUT2D eigenvalue weighted by Crippen LogP contribution is 2.20. The predicted molar refractivity (Wildman–Crippen MR) is 83.1 cm³/mol. The molecule has 1 heterocycles. The van der Waals surface area contributed by atoms with Crippen LogP contribution in [0.15, 0.2) is 35.1 Å². The monoisotopic (exact) mass is 350 g/mol. The number of halogens is 1. The third-order valence-corrected chi connectivity index (χ3v) is 3.85. The van der Waals surface area contributed by atoms with Gasteiger partial charge in [0.2, 0.25) is 5.91 Å². The van der Waals surface area contributed by atoms with Crippen molar-refractivity contribution < 1.29 is 9.59 Å². The average molecular weight is 351 g/mol. The minimum absolute atomic E-state index is 0.113. The number of benzene rings is 1. The van der Waals surface area contributed by atoms with Gasteiger partial charge in [-0.1, -0.05) is 22.0 Å². The number of carbonyl (C=O) groups excluding carboxylic acids is 2. The van der Waals surface area contributed by atoms with Gasteiger partial charge in [0, 0.05) is 23.3 Å². The summed E-state index contributed by atoms with van der Waals surface area (Å²) in [4.78, 5) is 23.5. The molecule has 21 heavy (non-hydrogen) atoms. The normalized spacial score (nSPS) is 10.2. The minimum atomic E-state index is -0.215. The van der Waals surface area contributed by atoms with E-state index in [9.17, 15) is 9.59 Å². The summed E-state index contributed by atoms with van der Waals surface area (Å²) < 4.78 is 2.34. The number of carbonyl (C=O) groups is 2. The van der Waals surface area contributed by atoms with Gasteiger partial charge >= 0.3 is 0 Å². The zero-order chi connectivity index (χ0) is 15.4. The van der Waals surface area contributed by atoms with Crippen molar-refractivity contribution in [1.82, 2.24) is 15.1 Å². The molecule has 0 saturated heterocycles. The quantitative estimate of drug-likeness (QED) is 0.884. The molecule has 0 spiro atoms. The lowest BCUT2D eigenvalue weighted by Crippen LogP contribution is -2.23. The van der Waals surface area contributed by atoms with Crippen LogP contribution in [0.3, 0.4) is 0 Å². The molecule has 2 rings (SSSR count). The summed E-state index contributed by atoms with van der Waals surface area (Å²) in [7, 11) is 1.56. The molecule has 0 saturated carbocycles. The van der Waals surface area contributed by atoms with E-state index in [0.29, 0.717) is 11.3 Å². The van der Waals surface area contributed by atoms with Crippen LogP contribution in [-0.4, -0.2) is 28.6 Å². The van der Waals surface area contributed by atoms with Gasteiger partial charge in [-0.15, -0.1) is 0 Å². The second-order valence-corrected chi connectivity index (χ2v) is 5.32. The summed E-state index contributed by atoms with van der Waals surface area (Å²) in [6.45, 7) is 1.98. The summed E-state index contributed by atoms with van der Waals surface area (Å²) in [6.07, 6.45) is 3.12. The third-order valence-electron chi connectivity index (χ3n) is 2.99. The maximum Gasteiger partial charge on any atom is 0.256 e. The number of anilines is 1. The highest BCUT2D eigenvalue weighted by molar-refractivity contribution is 9.10. The number of nitrogens with one attached hydrogen (secondary N) is 2. The number of aromatic nitrogens is 2. The molecule has 2 N–H and O–H groups in total. The van der Waals surface area contributed by atoms with Gasteiger partial charge in [-0.05, 0) is 24.6 Å². The molecule has 0 aliphatic rings.